The molecule has 0 aliphatic rings. The van der Waals surface area contributed by atoms with Crippen LogP contribution in [0.1, 0.15) is 16.8 Å². The molecule has 0 aliphatic heterocycles. The molecule has 0 bridgehead atoms. The van der Waals surface area contributed by atoms with Crippen LogP contribution in [0, 0.1) is 17.5 Å². The third kappa shape index (κ3) is 4.48. The van der Waals surface area contributed by atoms with Gasteiger partial charge in [0.05, 0.1) is 5.56 Å². The molecule has 2 N–H and O–H groups in total. The van der Waals surface area contributed by atoms with Crippen molar-refractivity contribution in [3.8, 4) is 0 Å². The molecular formula is C17H17F3N2O2. The molecule has 0 aromatic heterocycles. The number of nitrogens with one attached hydrogen (secondary N) is 2. The van der Waals surface area contributed by atoms with E-state index in [4.69, 9.17) is 4.74 Å². The van der Waals surface area contributed by atoms with Crippen LogP contribution in [0.25, 0.3) is 0 Å². The first kappa shape index (κ1) is 17.8. The Bertz CT molecular complexity index is 706. The van der Waals surface area contributed by atoms with Gasteiger partial charge in [0.15, 0.2) is 17.5 Å². The number of hydrogen-bond acceptors (Lipinski definition) is 3. The summed E-state index contributed by atoms with van der Waals surface area (Å²) in [7, 11) is 1.63. The molecule has 2 rings (SSSR count). The third-order valence-electron chi connectivity index (χ3n) is 3.28. The second-order valence-electron chi connectivity index (χ2n) is 5.03. The first-order valence-electron chi connectivity index (χ1n) is 7.30. The number of carbonyl (C=O) groups is 1. The maximum Gasteiger partial charge on any atom is 0.258 e. The van der Waals surface area contributed by atoms with Crippen molar-refractivity contribution in [3.63, 3.8) is 0 Å². The van der Waals surface area contributed by atoms with Gasteiger partial charge in [-0.25, -0.2) is 13.2 Å². The van der Waals surface area contributed by atoms with Crippen molar-refractivity contribution in [1.29, 1.82) is 0 Å². The Balaban J connectivity index is 1.98. The molecule has 2 aromatic rings. The van der Waals surface area contributed by atoms with Crippen molar-refractivity contribution < 1.29 is 22.7 Å². The van der Waals surface area contributed by atoms with Crippen molar-refractivity contribution in [2.45, 2.75) is 6.42 Å². The lowest BCUT2D eigenvalue weighted by atomic mass is 10.1. The minimum Gasteiger partial charge on any atom is -0.385 e. The number of amides is 1. The second-order valence-corrected chi connectivity index (χ2v) is 5.03. The molecule has 128 valence electrons. The van der Waals surface area contributed by atoms with Gasteiger partial charge in [-0.1, -0.05) is 0 Å². The molecule has 0 unspecified atom stereocenters. The lowest BCUT2D eigenvalue weighted by Crippen LogP contribution is -2.15. The fourth-order valence-corrected chi connectivity index (χ4v) is 2.02. The van der Waals surface area contributed by atoms with Crippen LogP contribution in [0.5, 0.6) is 0 Å². The van der Waals surface area contributed by atoms with Gasteiger partial charge in [-0.2, -0.15) is 0 Å². The maximum absolute atomic E-state index is 13.6. The van der Waals surface area contributed by atoms with E-state index in [2.05, 4.69) is 10.6 Å². The summed E-state index contributed by atoms with van der Waals surface area (Å²) in [6.45, 7) is 1.39. The summed E-state index contributed by atoms with van der Waals surface area (Å²) < 4.78 is 44.6. The standard InChI is InChI=1S/C17H17F3N2O2/c1-24-10-2-9-21-11-3-5-12(6-4-11)22-17(23)13-7-8-14(18)16(20)15(13)19/h3-8,21H,2,9-10H2,1H3,(H,22,23). The Morgan fingerprint density at radius 3 is 2.33 bits per heavy atom. The second kappa shape index (κ2) is 8.35. The minimum absolute atomic E-state index is 0.409. The highest BCUT2D eigenvalue weighted by atomic mass is 19.2. The van der Waals surface area contributed by atoms with Crippen molar-refractivity contribution in [1.82, 2.24) is 0 Å². The Morgan fingerprint density at radius 2 is 1.67 bits per heavy atom. The summed E-state index contributed by atoms with van der Waals surface area (Å²) in [4.78, 5) is 12.0. The van der Waals surface area contributed by atoms with Crippen LogP contribution in [0.2, 0.25) is 0 Å². The highest BCUT2D eigenvalue weighted by molar-refractivity contribution is 6.04. The highest BCUT2D eigenvalue weighted by Crippen LogP contribution is 2.18. The lowest BCUT2D eigenvalue weighted by molar-refractivity contribution is 0.102. The summed E-state index contributed by atoms with van der Waals surface area (Å²) in [6.07, 6.45) is 0.852. The number of ether oxygens (including phenoxy) is 1. The first-order valence-corrected chi connectivity index (χ1v) is 7.30. The summed E-state index contributed by atoms with van der Waals surface area (Å²) >= 11 is 0. The molecular weight excluding hydrogens is 321 g/mol. The van der Waals surface area contributed by atoms with Crippen LogP contribution in [-0.2, 0) is 4.74 Å². The third-order valence-corrected chi connectivity index (χ3v) is 3.28. The molecule has 4 nitrogen and oxygen atoms in total. The molecule has 0 atom stereocenters. The van der Waals surface area contributed by atoms with Crippen LogP contribution in [0.3, 0.4) is 0 Å². The van der Waals surface area contributed by atoms with Crippen LogP contribution in [0.4, 0.5) is 24.5 Å². The quantitative estimate of drug-likeness (QED) is 0.596. The van der Waals surface area contributed by atoms with Gasteiger partial charge < -0.3 is 15.4 Å². The van der Waals surface area contributed by atoms with Gasteiger partial charge >= 0.3 is 0 Å². The fraction of sp³-hybridized carbons (Fsp3) is 0.235. The zero-order valence-electron chi connectivity index (χ0n) is 13.0. The molecule has 24 heavy (non-hydrogen) atoms. The van der Waals surface area contributed by atoms with E-state index in [0.29, 0.717) is 18.4 Å². The molecule has 0 radical (unpaired) electrons. The van der Waals surface area contributed by atoms with Gasteiger partial charge in [0.1, 0.15) is 0 Å². The first-order chi connectivity index (χ1) is 11.5. The summed E-state index contributed by atoms with van der Waals surface area (Å²) in [5.74, 6) is -5.37. The zero-order valence-corrected chi connectivity index (χ0v) is 13.0. The Morgan fingerprint density at radius 1 is 1.00 bits per heavy atom. The molecule has 0 fully saturated rings. The maximum atomic E-state index is 13.6. The topological polar surface area (TPSA) is 50.4 Å². The smallest absolute Gasteiger partial charge is 0.258 e. The van der Waals surface area contributed by atoms with Gasteiger partial charge in [-0.3, -0.25) is 4.79 Å². The Kier molecular flexibility index (Phi) is 6.20. The van der Waals surface area contributed by atoms with Crippen LogP contribution in [0.15, 0.2) is 36.4 Å². The van der Waals surface area contributed by atoms with E-state index in [1.807, 2.05) is 0 Å². The molecule has 0 heterocycles. The highest BCUT2D eigenvalue weighted by Gasteiger charge is 2.18. The largest absolute Gasteiger partial charge is 0.385 e. The van der Waals surface area contributed by atoms with Crippen molar-refractivity contribution >= 4 is 17.3 Å². The van der Waals surface area contributed by atoms with Crippen molar-refractivity contribution in [2.75, 3.05) is 30.9 Å². The van der Waals surface area contributed by atoms with E-state index in [1.165, 1.54) is 0 Å². The van der Waals surface area contributed by atoms with Crippen molar-refractivity contribution in [3.05, 3.63) is 59.4 Å². The number of halogens is 3. The SMILES string of the molecule is COCCCNc1ccc(NC(=O)c2ccc(F)c(F)c2F)cc1. The van der Waals surface area contributed by atoms with Gasteiger partial charge in [0, 0.05) is 31.6 Å². The number of carbonyl (C=O) groups excluding carboxylic acids is 1. The average molecular weight is 338 g/mol. The monoisotopic (exact) mass is 338 g/mol. The number of rotatable bonds is 7. The molecule has 7 heteroatoms. The fourth-order valence-electron chi connectivity index (χ4n) is 2.02. The molecule has 0 spiro atoms. The van der Waals surface area contributed by atoms with Gasteiger partial charge in [-0.05, 0) is 42.8 Å². The molecule has 0 aliphatic carbocycles. The number of anilines is 2. The van der Waals surface area contributed by atoms with Gasteiger partial charge in [0.25, 0.3) is 5.91 Å². The van der Waals surface area contributed by atoms with E-state index in [1.54, 1.807) is 31.4 Å². The predicted molar refractivity (Wildman–Crippen MR) is 85.7 cm³/mol. The number of benzene rings is 2. The predicted octanol–water partition coefficient (Wildman–Crippen LogP) is 3.80. The molecule has 0 saturated carbocycles. The van der Waals surface area contributed by atoms with Crippen molar-refractivity contribution in [2.24, 2.45) is 0 Å². The van der Waals surface area contributed by atoms with E-state index in [0.717, 1.165) is 24.7 Å². The zero-order chi connectivity index (χ0) is 17.5. The normalized spacial score (nSPS) is 10.5. The Labute approximate surface area is 137 Å². The van der Waals surface area contributed by atoms with E-state index in [-0.39, 0.29) is 0 Å². The molecule has 0 saturated heterocycles. The van der Waals surface area contributed by atoms with Gasteiger partial charge in [0.2, 0.25) is 0 Å². The van der Waals surface area contributed by atoms with E-state index < -0.39 is 28.9 Å². The molecule has 1 amide bonds. The average Bonchev–Trinajstić information content (AvgIpc) is 2.58. The Hall–Kier alpha value is -2.54. The van der Waals surface area contributed by atoms with E-state index in [9.17, 15) is 18.0 Å². The van der Waals surface area contributed by atoms with Crippen LogP contribution in [-0.4, -0.2) is 26.2 Å². The number of methoxy groups -OCH3 is 1. The summed E-state index contributed by atoms with van der Waals surface area (Å²) in [6, 6.07) is 8.33. The molecule has 2 aromatic carbocycles. The lowest BCUT2D eigenvalue weighted by Gasteiger charge is -2.09. The van der Waals surface area contributed by atoms with Gasteiger partial charge in [-0.15, -0.1) is 0 Å². The van der Waals surface area contributed by atoms with Crippen LogP contribution >= 0.6 is 0 Å². The number of hydrogen-bond donors (Lipinski definition) is 2. The summed E-state index contributed by atoms with van der Waals surface area (Å²) in [5.41, 5.74) is 0.699. The van der Waals surface area contributed by atoms with E-state index >= 15 is 0 Å². The summed E-state index contributed by atoms with van der Waals surface area (Å²) in [5, 5.41) is 5.60. The minimum atomic E-state index is -1.67. The van der Waals surface area contributed by atoms with Crippen LogP contribution < -0.4 is 10.6 Å².